The third kappa shape index (κ3) is 5.93. The molecule has 0 aliphatic carbocycles. The van der Waals surface area contributed by atoms with Gasteiger partial charge >= 0.3 is 12.1 Å². The van der Waals surface area contributed by atoms with E-state index in [1.807, 2.05) is 0 Å². The van der Waals surface area contributed by atoms with Crippen molar-refractivity contribution in [3.05, 3.63) is 70.8 Å². The molecular formula is C18H13ClF3NO3. The summed E-state index contributed by atoms with van der Waals surface area (Å²) < 4.78 is 43.2. The van der Waals surface area contributed by atoms with E-state index >= 15 is 0 Å². The van der Waals surface area contributed by atoms with E-state index in [1.165, 1.54) is 18.2 Å². The smallest absolute Gasteiger partial charge is 0.418 e. The van der Waals surface area contributed by atoms with Crippen molar-refractivity contribution in [3.8, 4) is 0 Å². The van der Waals surface area contributed by atoms with Crippen LogP contribution in [0.15, 0.2) is 54.6 Å². The second-order valence-corrected chi connectivity index (χ2v) is 5.52. The van der Waals surface area contributed by atoms with Crippen LogP contribution in [-0.2, 0) is 20.5 Å². The van der Waals surface area contributed by atoms with Crippen LogP contribution in [0.25, 0.3) is 6.08 Å². The van der Waals surface area contributed by atoms with Gasteiger partial charge in [0.15, 0.2) is 6.61 Å². The Morgan fingerprint density at radius 1 is 1.12 bits per heavy atom. The van der Waals surface area contributed by atoms with Gasteiger partial charge < -0.3 is 10.1 Å². The Morgan fingerprint density at radius 3 is 2.54 bits per heavy atom. The van der Waals surface area contributed by atoms with Gasteiger partial charge in [-0.1, -0.05) is 35.9 Å². The lowest BCUT2D eigenvalue weighted by Crippen LogP contribution is -2.22. The van der Waals surface area contributed by atoms with Crippen LogP contribution in [0, 0.1) is 0 Å². The standard InChI is InChI=1S/C18H13ClF3NO3/c19-13-5-3-4-12(10-13)8-9-17(25)26-11-16(24)23-15-7-2-1-6-14(15)18(20,21)22/h1-10H,11H2,(H,23,24)/b9-8+. The molecule has 2 rings (SSSR count). The number of amides is 1. The van der Waals surface area contributed by atoms with Crippen LogP contribution >= 0.6 is 11.6 Å². The van der Waals surface area contributed by atoms with Crippen LogP contribution in [0.1, 0.15) is 11.1 Å². The normalized spacial score (nSPS) is 11.4. The molecule has 2 aromatic carbocycles. The van der Waals surface area contributed by atoms with Gasteiger partial charge in [-0.05, 0) is 35.9 Å². The molecule has 0 saturated heterocycles. The highest BCUT2D eigenvalue weighted by Gasteiger charge is 2.33. The third-order valence-electron chi connectivity index (χ3n) is 3.11. The van der Waals surface area contributed by atoms with E-state index in [-0.39, 0.29) is 0 Å². The number of anilines is 1. The van der Waals surface area contributed by atoms with Crippen molar-refractivity contribution >= 4 is 35.2 Å². The summed E-state index contributed by atoms with van der Waals surface area (Å²) >= 11 is 5.80. The first-order valence-corrected chi connectivity index (χ1v) is 7.70. The predicted octanol–water partition coefficient (Wildman–Crippen LogP) is 4.55. The Balaban J connectivity index is 1.90. The molecule has 0 radical (unpaired) electrons. The molecule has 2 aromatic rings. The molecule has 4 nitrogen and oxygen atoms in total. The number of alkyl halides is 3. The molecule has 0 unspecified atom stereocenters. The maximum atomic E-state index is 12.8. The quantitative estimate of drug-likeness (QED) is 0.608. The number of hydrogen-bond acceptors (Lipinski definition) is 3. The summed E-state index contributed by atoms with van der Waals surface area (Å²) in [4.78, 5) is 23.3. The van der Waals surface area contributed by atoms with E-state index in [9.17, 15) is 22.8 Å². The first-order chi connectivity index (χ1) is 12.3. The SMILES string of the molecule is O=C(COC(=O)/C=C/c1cccc(Cl)c1)Nc1ccccc1C(F)(F)F. The van der Waals surface area contributed by atoms with Gasteiger partial charge in [0.25, 0.3) is 5.91 Å². The van der Waals surface area contributed by atoms with E-state index in [4.69, 9.17) is 16.3 Å². The van der Waals surface area contributed by atoms with Crippen LogP contribution in [0.2, 0.25) is 5.02 Å². The fraction of sp³-hybridized carbons (Fsp3) is 0.111. The predicted molar refractivity (Wildman–Crippen MR) is 91.5 cm³/mol. The first kappa shape index (κ1) is 19.5. The highest BCUT2D eigenvalue weighted by molar-refractivity contribution is 6.30. The van der Waals surface area contributed by atoms with Crippen LogP contribution in [-0.4, -0.2) is 18.5 Å². The second kappa shape index (κ2) is 8.53. The number of carbonyl (C=O) groups excluding carboxylic acids is 2. The summed E-state index contributed by atoms with van der Waals surface area (Å²) in [5.41, 5.74) is -0.742. The van der Waals surface area contributed by atoms with Gasteiger partial charge in [0, 0.05) is 11.1 Å². The van der Waals surface area contributed by atoms with Crippen LogP contribution in [0.4, 0.5) is 18.9 Å². The fourth-order valence-electron chi connectivity index (χ4n) is 1.98. The maximum Gasteiger partial charge on any atom is 0.418 e. The van der Waals surface area contributed by atoms with Crippen molar-refractivity contribution in [2.75, 3.05) is 11.9 Å². The average Bonchev–Trinajstić information content (AvgIpc) is 2.58. The van der Waals surface area contributed by atoms with E-state index in [2.05, 4.69) is 5.32 Å². The molecule has 0 fully saturated rings. The summed E-state index contributed by atoms with van der Waals surface area (Å²) in [6.45, 7) is -0.717. The summed E-state index contributed by atoms with van der Waals surface area (Å²) in [6, 6.07) is 11.2. The summed E-state index contributed by atoms with van der Waals surface area (Å²) in [5.74, 6) is -1.70. The summed E-state index contributed by atoms with van der Waals surface area (Å²) in [5, 5.41) is 2.57. The van der Waals surface area contributed by atoms with Crippen molar-refractivity contribution < 1.29 is 27.5 Å². The van der Waals surface area contributed by atoms with Crippen LogP contribution < -0.4 is 5.32 Å². The zero-order valence-corrected chi connectivity index (χ0v) is 14.0. The molecule has 0 spiro atoms. The Labute approximate surface area is 152 Å². The molecule has 8 heteroatoms. The van der Waals surface area contributed by atoms with Crippen LogP contribution in [0.5, 0.6) is 0 Å². The monoisotopic (exact) mass is 383 g/mol. The highest BCUT2D eigenvalue weighted by Crippen LogP contribution is 2.34. The number of nitrogens with one attached hydrogen (secondary N) is 1. The van der Waals surface area contributed by atoms with E-state index in [1.54, 1.807) is 24.3 Å². The number of carbonyl (C=O) groups is 2. The molecule has 0 bridgehead atoms. The zero-order chi connectivity index (χ0) is 19.2. The van der Waals surface area contributed by atoms with Gasteiger partial charge in [-0.3, -0.25) is 4.79 Å². The molecule has 26 heavy (non-hydrogen) atoms. The largest absolute Gasteiger partial charge is 0.452 e. The molecule has 0 aliphatic rings. The minimum Gasteiger partial charge on any atom is -0.452 e. The Morgan fingerprint density at radius 2 is 1.85 bits per heavy atom. The molecule has 1 amide bonds. The fourth-order valence-corrected chi connectivity index (χ4v) is 2.18. The lowest BCUT2D eigenvalue weighted by atomic mass is 10.1. The number of para-hydroxylation sites is 1. The van der Waals surface area contributed by atoms with E-state index < -0.39 is 35.9 Å². The maximum absolute atomic E-state index is 12.8. The molecule has 136 valence electrons. The van der Waals surface area contributed by atoms with E-state index in [0.717, 1.165) is 18.2 Å². The average molecular weight is 384 g/mol. The second-order valence-electron chi connectivity index (χ2n) is 5.09. The molecule has 0 heterocycles. The molecule has 0 saturated carbocycles. The van der Waals surface area contributed by atoms with E-state index in [0.29, 0.717) is 10.6 Å². The number of ether oxygens (including phenoxy) is 1. The van der Waals surface area contributed by atoms with Gasteiger partial charge in [-0.2, -0.15) is 13.2 Å². The number of hydrogen-bond donors (Lipinski definition) is 1. The third-order valence-corrected chi connectivity index (χ3v) is 3.35. The Kier molecular flexibility index (Phi) is 6.41. The van der Waals surface area contributed by atoms with Crippen molar-refractivity contribution in [2.45, 2.75) is 6.18 Å². The van der Waals surface area contributed by atoms with Gasteiger partial charge in [-0.15, -0.1) is 0 Å². The first-order valence-electron chi connectivity index (χ1n) is 7.32. The number of benzene rings is 2. The van der Waals surface area contributed by atoms with Crippen molar-refractivity contribution in [1.29, 1.82) is 0 Å². The lowest BCUT2D eigenvalue weighted by Gasteiger charge is -2.13. The summed E-state index contributed by atoms with van der Waals surface area (Å²) in [6.07, 6.45) is -2.09. The van der Waals surface area contributed by atoms with Crippen molar-refractivity contribution in [3.63, 3.8) is 0 Å². The zero-order valence-electron chi connectivity index (χ0n) is 13.2. The van der Waals surface area contributed by atoms with Crippen LogP contribution in [0.3, 0.4) is 0 Å². The molecule has 0 aromatic heterocycles. The molecule has 0 aliphatic heterocycles. The molecule has 1 N–H and O–H groups in total. The number of rotatable bonds is 5. The minimum absolute atomic E-state index is 0.407. The minimum atomic E-state index is -4.61. The van der Waals surface area contributed by atoms with Gasteiger partial charge in [0.05, 0.1) is 11.3 Å². The molecule has 0 atom stereocenters. The lowest BCUT2D eigenvalue weighted by molar-refractivity contribution is -0.142. The number of halogens is 4. The van der Waals surface area contributed by atoms with Gasteiger partial charge in [0.1, 0.15) is 0 Å². The Bertz CT molecular complexity index is 834. The highest BCUT2D eigenvalue weighted by atomic mass is 35.5. The van der Waals surface area contributed by atoms with Gasteiger partial charge in [-0.25, -0.2) is 4.79 Å². The van der Waals surface area contributed by atoms with Crippen molar-refractivity contribution in [2.24, 2.45) is 0 Å². The Hall–Kier alpha value is -2.80. The number of esters is 1. The van der Waals surface area contributed by atoms with Gasteiger partial charge in [0.2, 0.25) is 0 Å². The summed E-state index contributed by atoms with van der Waals surface area (Å²) in [7, 11) is 0. The van der Waals surface area contributed by atoms with Crippen molar-refractivity contribution in [1.82, 2.24) is 0 Å². The molecular weight excluding hydrogens is 371 g/mol. The topological polar surface area (TPSA) is 55.4 Å².